The zero-order valence-corrected chi connectivity index (χ0v) is 10.7. The number of amides is 2. The summed E-state index contributed by atoms with van der Waals surface area (Å²) in [4.78, 5) is 34.7. The van der Waals surface area contributed by atoms with Crippen LogP contribution in [0, 0.1) is 5.92 Å². The highest BCUT2D eigenvalue weighted by atomic mass is 16.6. The molecule has 1 fully saturated rings. The molecule has 7 heteroatoms. The first-order valence-corrected chi connectivity index (χ1v) is 5.66. The number of aliphatic carboxylic acids is 1. The van der Waals surface area contributed by atoms with Gasteiger partial charge in [0.1, 0.15) is 12.1 Å². The standard InChI is InChI=1S/C11H18N2O5/c1-11(2,3)18-10(17)12-4-8(14)13-5-7(6-13)9(15)16/h7H,4-6H2,1-3H3,(H,12,17)(H,15,16). The molecule has 0 aromatic rings. The molecule has 0 aliphatic carbocycles. The van der Waals surface area contributed by atoms with E-state index >= 15 is 0 Å². The largest absolute Gasteiger partial charge is 0.481 e. The highest BCUT2D eigenvalue weighted by molar-refractivity contribution is 5.84. The first-order chi connectivity index (χ1) is 8.19. The van der Waals surface area contributed by atoms with Crippen LogP contribution in [0.25, 0.3) is 0 Å². The van der Waals surface area contributed by atoms with Crippen LogP contribution in [0.15, 0.2) is 0 Å². The maximum Gasteiger partial charge on any atom is 0.408 e. The molecule has 0 bridgehead atoms. The monoisotopic (exact) mass is 258 g/mol. The Balaban J connectivity index is 2.23. The minimum Gasteiger partial charge on any atom is -0.481 e. The molecule has 1 rings (SSSR count). The Morgan fingerprint density at radius 3 is 2.33 bits per heavy atom. The highest BCUT2D eigenvalue weighted by Crippen LogP contribution is 2.15. The van der Waals surface area contributed by atoms with E-state index in [9.17, 15) is 14.4 Å². The van der Waals surface area contributed by atoms with Gasteiger partial charge >= 0.3 is 12.1 Å². The van der Waals surface area contributed by atoms with Gasteiger partial charge in [-0.05, 0) is 20.8 Å². The van der Waals surface area contributed by atoms with E-state index in [4.69, 9.17) is 9.84 Å². The van der Waals surface area contributed by atoms with Gasteiger partial charge in [0.2, 0.25) is 5.91 Å². The summed E-state index contributed by atoms with van der Waals surface area (Å²) in [6.45, 7) is 5.39. The molecular weight excluding hydrogens is 240 g/mol. The summed E-state index contributed by atoms with van der Waals surface area (Å²) in [5.74, 6) is -1.70. The predicted octanol–water partition coefficient (Wildman–Crippen LogP) is 0.0541. The number of carbonyl (C=O) groups is 3. The fourth-order valence-corrected chi connectivity index (χ4v) is 1.41. The number of carboxylic acid groups (broad SMARTS) is 1. The number of nitrogens with zero attached hydrogens (tertiary/aromatic N) is 1. The van der Waals surface area contributed by atoms with Crippen molar-refractivity contribution in [3.63, 3.8) is 0 Å². The lowest BCUT2D eigenvalue weighted by Gasteiger charge is -2.36. The molecule has 1 heterocycles. The maximum atomic E-state index is 11.5. The van der Waals surface area contributed by atoms with Gasteiger partial charge < -0.3 is 20.1 Å². The zero-order valence-electron chi connectivity index (χ0n) is 10.7. The van der Waals surface area contributed by atoms with E-state index in [0.717, 1.165) is 0 Å². The average Bonchev–Trinajstić information content (AvgIpc) is 2.08. The first kappa shape index (κ1) is 14.3. The molecule has 0 atom stereocenters. The summed E-state index contributed by atoms with van der Waals surface area (Å²) < 4.78 is 4.96. The number of ether oxygens (including phenoxy) is 1. The second-order valence-corrected chi connectivity index (χ2v) is 5.19. The number of rotatable bonds is 3. The van der Waals surface area contributed by atoms with Crippen LogP contribution in [0.3, 0.4) is 0 Å². The number of nitrogens with one attached hydrogen (secondary N) is 1. The van der Waals surface area contributed by atoms with Gasteiger partial charge in [-0.25, -0.2) is 4.79 Å². The Morgan fingerprint density at radius 1 is 1.33 bits per heavy atom. The number of hydrogen-bond donors (Lipinski definition) is 2. The van der Waals surface area contributed by atoms with E-state index < -0.39 is 23.6 Å². The highest BCUT2D eigenvalue weighted by Gasteiger charge is 2.35. The predicted molar refractivity (Wildman–Crippen MR) is 61.9 cm³/mol. The van der Waals surface area contributed by atoms with Crippen molar-refractivity contribution in [1.82, 2.24) is 10.2 Å². The van der Waals surface area contributed by atoms with Crippen LogP contribution in [0.4, 0.5) is 4.79 Å². The van der Waals surface area contributed by atoms with Crippen molar-refractivity contribution in [2.75, 3.05) is 19.6 Å². The van der Waals surface area contributed by atoms with E-state index in [1.807, 2.05) is 0 Å². The lowest BCUT2D eigenvalue weighted by molar-refractivity contribution is -0.152. The van der Waals surface area contributed by atoms with E-state index in [1.54, 1.807) is 20.8 Å². The smallest absolute Gasteiger partial charge is 0.408 e. The average molecular weight is 258 g/mol. The lowest BCUT2D eigenvalue weighted by atomic mass is 10.0. The van der Waals surface area contributed by atoms with Gasteiger partial charge in [-0.3, -0.25) is 9.59 Å². The summed E-state index contributed by atoms with van der Waals surface area (Å²) in [5.41, 5.74) is -0.613. The van der Waals surface area contributed by atoms with Crippen molar-refractivity contribution in [1.29, 1.82) is 0 Å². The van der Waals surface area contributed by atoms with E-state index in [1.165, 1.54) is 4.90 Å². The molecule has 0 spiro atoms. The normalized spacial score (nSPS) is 15.8. The first-order valence-electron chi connectivity index (χ1n) is 5.66. The van der Waals surface area contributed by atoms with Crippen LogP contribution in [0.2, 0.25) is 0 Å². The molecule has 1 aliphatic heterocycles. The van der Waals surface area contributed by atoms with Gasteiger partial charge in [-0.15, -0.1) is 0 Å². The lowest BCUT2D eigenvalue weighted by Crippen LogP contribution is -2.55. The van der Waals surface area contributed by atoms with Gasteiger partial charge in [0.15, 0.2) is 0 Å². The van der Waals surface area contributed by atoms with Crippen LogP contribution in [0.1, 0.15) is 20.8 Å². The summed E-state index contributed by atoms with van der Waals surface area (Å²) >= 11 is 0. The summed E-state index contributed by atoms with van der Waals surface area (Å²) in [5, 5.41) is 11.0. The zero-order chi connectivity index (χ0) is 13.9. The minimum absolute atomic E-state index is 0.179. The third-order valence-electron chi connectivity index (χ3n) is 2.37. The SMILES string of the molecule is CC(C)(C)OC(=O)NCC(=O)N1CC(C(=O)O)C1. The fraction of sp³-hybridized carbons (Fsp3) is 0.727. The van der Waals surface area contributed by atoms with Gasteiger partial charge in [0.25, 0.3) is 0 Å². The third kappa shape index (κ3) is 4.23. The molecule has 1 saturated heterocycles. The number of likely N-dealkylation sites (tertiary alicyclic amines) is 1. The van der Waals surface area contributed by atoms with Gasteiger partial charge in [-0.1, -0.05) is 0 Å². The molecule has 1 aliphatic rings. The van der Waals surface area contributed by atoms with Crippen molar-refractivity contribution in [3.05, 3.63) is 0 Å². The van der Waals surface area contributed by atoms with Gasteiger partial charge in [0.05, 0.1) is 5.92 Å². The van der Waals surface area contributed by atoms with Crippen molar-refractivity contribution in [2.45, 2.75) is 26.4 Å². The molecule has 102 valence electrons. The minimum atomic E-state index is -0.904. The van der Waals surface area contributed by atoms with Gasteiger partial charge in [-0.2, -0.15) is 0 Å². The number of hydrogen-bond acceptors (Lipinski definition) is 4. The van der Waals surface area contributed by atoms with Crippen molar-refractivity contribution in [3.8, 4) is 0 Å². The molecular formula is C11H18N2O5. The fourth-order valence-electron chi connectivity index (χ4n) is 1.41. The van der Waals surface area contributed by atoms with E-state index in [0.29, 0.717) is 0 Å². The van der Waals surface area contributed by atoms with Crippen LogP contribution in [-0.4, -0.2) is 53.2 Å². The quantitative estimate of drug-likeness (QED) is 0.746. The Kier molecular flexibility index (Phi) is 4.15. The molecule has 2 N–H and O–H groups in total. The Labute approximate surface area is 105 Å². The van der Waals surface area contributed by atoms with E-state index in [-0.39, 0.29) is 25.5 Å². The van der Waals surface area contributed by atoms with Crippen LogP contribution >= 0.6 is 0 Å². The maximum absolute atomic E-state index is 11.5. The summed E-state index contributed by atoms with van der Waals surface area (Å²) in [6.07, 6.45) is -0.661. The molecule has 2 amide bonds. The van der Waals surface area contributed by atoms with Crippen LogP contribution in [-0.2, 0) is 14.3 Å². The van der Waals surface area contributed by atoms with Crippen molar-refractivity contribution in [2.24, 2.45) is 5.92 Å². The summed E-state index contributed by atoms with van der Waals surface area (Å²) in [6, 6.07) is 0. The molecule has 0 saturated carbocycles. The number of alkyl carbamates (subject to hydrolysis) is 1. The second-order valence-electron chi connectivity index (χ2n) is 5.19. The molecule has 0 radical (unpaired) electrons. The van der Waals surface area contributed by atoms with Crippen LogP contribution < -0.4 is 5.32 Å². The van der Waals surface area contributed by atoms with E-state index in [2.05, 4.69) is 5.32 Å². The number of carbonyl (C=O) groups excluding carboxylic acids is 2. The second kappa shape index (κ2) is 5.24. The molecule has 0 aromatic carbocycles. The summed E-state index contributed by atoms with van der Waals surface area (Å²) in [7, 11) is 0. The van der Waals surface area contributed by atoms with Crippen molar-refractivity contribution < 1.29 is 24.2 Å². The third-order valence-corrected chi connectivity index (χ3v) is 2.37. The molecule has 0 aromatic heterocycles. The van der Waals surface area contributed by atoms with Crippen molar-refractivity contribution >= 4 is 18.0 Å². The molecule has 7 nitrogen and oxygen atoms in total. The molecule has 0 unspecified atom stereocenters. The Hall–Kier alpha value is -1.79. The van der Waals surface area contributed by atoms with Crippen LogP contribution in [0.5, 0.6) is 0 Å². The topological polar surface area (TPSA) is 95.9 Å². The number of carboxylic acids is 1. The molecule has 18 heavy (non-hydrogen) atoms. The van der Waals surface area contributed by atoms with Gasteiger partial charge in [0, 0.05) is 13.1 Å². The Morgan fingerprint density at radius 2 is 1.89 bits per heavy atom. The Bertz CT molecular complexity index is 355.